The predicted octanol–water partition coefficient (Wildman–Crippen LogP) is 1.84. The average Bonchev–Trinajstić information content (AvgIpc) is 2.42. The smallest absolute Gasteiger partial charge is 0.244 e. The molecule has 1 aromatic carbocycles. The number of carbonyl (C=O) groups is 1. The van der Waals surface area contributed by atoms with Crippen molar-refractivity contribution in [3.05, 3.63) is 42.5 Å². The van der Waals surface area contributed by atoms with Gasteiger partial charge in [-0.1, -0.05) is 30.7 Å². The highest BCUT2D eigenvalue weighted by Gasteiger charge is 2.30. The Hall–Kier alpha value is -1.82. The Labute approximate surface area is 126 Å². The number of benzene rings is 1. The molecule has 1 N–H and O–H groups in total. The third-order valence-electron chi connectivity index (χ3n) is 3.04. The zero-order chi connectivity index (χ0) is 16.0. The van der Waals surface area contributed by atoms with Crippen LogP contribution >= 0.6 is 0 Å². The monoisotopic (exact) mass is 310 g/mol. The SMILES string of the molecule is C=CCNC(=O)[C@H](CC)N(c1ccc(C)cc1)S(C)(=O)=O. The standard InChI is InChI=1S/C15H22N2O3S/c1-5-11-16-15(18)14(6-2)17(21(4,19)20)13-9-7-12(3)8-10-13/h5,7-10,14H,1,6,11H2,2-4H3,(H,16,18)/t14-/m0/s1. The van der Waals surface area contributed by atoms with Crippen molar-refractivity contribution in [3.63, 3.8) is 0 Å². The lowest BCUT2D eigenvalue weighted by Crippen LogP contribution is -2.49. The summed E-state index contributed by atoms with van der Waals surface area (Å²) < 4.78 is 25.4. The Balaban J connectivity index is 3.20. The highest BCUT2D eigenvalue weighted by atomic mass is 32.2. The van der Waals surface area contributed by atoms with Gasteiger partial charge in [0.1, 0.15) is 6.04 Å². The Morgan fingerprint density at radius 2 is 1.95 bits per heavy atom. The van der Waals surface area contributed by atoms with Crippen LogP contribution in [0.2, 0.25) is 0 Å². The fraction of sp³-hybridized carbons (Fsp3) is 0.400. The largest absolute Gasteiger partial charge is 0.351 e. The number of amides is 1. The molecule has 1 atom stereocenters. The van der Waals surface area contributed by atoms with Gasteiger partial charge in [0.15, 0.2) is 0 Å². The quantitative estimate of drug-likeness (QED) is 0.782. The predicted molar refractivity (Wildman–Crippen MR) is 85.8 cm³/mol. The van der Waals surface area contributed by atoms with Crippen molar-refractivity contribution in [3.8, 4) is 0 Å². The van der Waals surface area contributed by atoms with Crippen LogP contribution in [0.4, 0.5) is 5.69 Å². The molecule has 0 aromatic heterocycles. The summed E-state index contributed by atoms with van der Waals surface area (Å²) in [5, 5.41) is 2.65. The molecular formula is C15H22N2O3S. The number of sulfonamides is 1. The van der Waals surface area contributed by atoms with Crippen molar-refractivity contribution in [1.82, 2.24) is 5.32 Å². The Bertz CT molecular complexity index is 594. The molecule has 21 heavy (non-hydrogen) atoms. The van der Waals surface area contributed by atoms with Gasteiger partial charge < -0.3 is 5.32 Å². The molecule has 0 aliphatic rings. The molecule has 6 heteroatoms. The van der Waals surface area contributed by atoms with E-state index in [-0.39, 0.29) is 5.91 Å². The Morgan fingerprint density at radius 1 is 1.38 bits per heavy atom. The van der Waals surface area contributed by atoms with Crippen molar-refractivity contribution in [1.29, 1.82) is 0 Å². The summed E-state index contributed by atoms with van der Waals surface area (Å²) in [5.41, 5.74) is 1.51. The molecule has 116 valence electrons. The molecule has 1 aromatic rings. The zero-order valence-corrected chi connectivity index (χ0v) is 13.5. The molecular weight excluding hydrogens is 288 g/mol. The molecule has 0 aliphatic carbocycles. The molecule has 1 rings (SSSR count). The van der Waals surface area contributed by atoms with Gasteiger partial charge in [-0.15, -0.1) is 6.58 Å². The second kappa shape index (κ2) is 7.26. The van der Waals surface area contributed by atoms with Gasteiger partial charge in [-0.05, 0) is 25.5 Å². The second-order valence-electron chi connectivity index (χ2n) is 4.85. The molecule has 5 nitrogen and oxygen atoms in total. The van der Waals surface area contributed by atoms with Gasteiger partial charge in [-0.25, -0.2) is 8.42 Å². The lowest BCUT2D eigenvalue weighted by molar-refractivity contribution is -0.122. The summed E-state index contributed by atoms with van der Waals surface area (Å²) in [7, 11) is -3.57. The van der Waals surface area contributed by atoms with E-state index in [9.17, 15) is 13.2 Å². The first kappa shape index (κ1) is 17.2. The van der Waals surface area contributed by atoms with Crippen LogP contribution in [0.15, 0.2) is 36.9 Å². The molecule has 0 unspecified atom stereocenters. The fourth-order valence-corrected chi connectivity index (χ4v) is 3.25. The van der Waals surface area contributed by atoms with Crippen molar-refractivity contribution in [2.75, 3.05) is 17.1 Å². The van der Waals surface area contributed by atoms with Crippen LogP contribution in [-0.2, 0) is 14.8 Å². The molecule has 0 fully saturated rings. The number of anilines is 1. The highest BCUT2D eigenvalue weighted by Crippen LogP contribution is 2.22. The van der Waals surface area contributed by atoms with Crippen LogP contribution in [0.5, 0.6) is 0 Å². The van der Waals surface area contributed by atoms with Gasteiger partial charge in [-0.3, -0.25) is 9.10 Å². The average molecular weight is 310 g/mol. The van der Waals surface area contributed by atoms with Crippen molar-refractivity contribution >= 4 is 21.6 Å². The van der Waals surface area contributed by atoms with Gasteiger partial charge in [0, 0.05) is 6.54 Å². The molecule has 0 saturated carbocycles. The van der Waals surface area contributed by atoms with E-state index in [1.165, 1.54) is 4.31 Å². The van der Waals surface area contributed by atoms with Crippen molar-refractivity contribution < 1.29 is 13.2 Å². The number of rotatable bonds is 7. The Morgan fingerprint density at radius 3 is 2.38 bits per heavy atom. The molecule has 0 heterocycles. The van der Waals surface area contributed by atoms with E-state index in [0.717, 1.165) is 11.8 Å². The van der Waals surface area contributed by atoms with Gasteiger partial charge in [-0.2, -0.15) is 0 Å². The summed E-state index contributed by atoms with van der Waals surface area (Å²) in [6, 6.07) is 6.28. The zero-order valence-electron chi connectivity index (χ0n) is 12.7. The number of hydrogen-bond donors (Lipinski definition) is 1. The van der Waals surface area contributed by atoms with E-state index in [1.807, 2.05) is 19.1 Å². The van der Waals surface area contributed by atoms with Gasteiger partial charge in [0.2, 0.25) is 15.9 Å². The molecule has 0 spiro atoms. The number of nitrogens with zero attached hydrogens (tertiary/aromatic N) is 1. The topological polar surface area (TPSA) is 66.5 Å². The number of hydrogen-bond acceptors (Lipinski definition) is 3. The van der Waals surface area contributed by atoms with Crippen LogP contribution in [0.3, 0.4) is 0 Å². The van der Waals surface area contributed by atoms with Crippen LogP contribution in [-0.4, -0.2) is 33.2 Å². The number of carbonyl (C=O) groups excluding carboxylic acids is 1. The summed E-state index contributed by atoms with van der Waals surface area (Å²) in [4.78, 5) is 12.2. The van der Waals surface area contributed by atoms with E-state index in [4.69, 9.17) is 0 Å². The van der Waals surface area contributed by atoms with Crippen molar-refractivity contribution in [2.45, 2.75) is 26.3 Å². The highest BCUT2D eigenvalue weighted by molar-refractivity contribution is 7.92. The summed E-state index contributed by atoms with van der Waals surface area (Å²) in [5.74, 6) is -0.330. The second-order valence-corrected chi connectivity index (χ2v) is 6.71. The number of nitrogens with one attached hydrogen (secondary N) is 1. The van der Waals surface area contributed by atoms with Gasteiger partial charge >= 0.3 is 0 Å². The third-order valence-corrected chi connectivity index (χ3v) is 4.22. The third kappa shape index (κ3) is 4.60. The first-order valence-electron chi connectivity index (χ1n) is 6.76. The van der Waals surface area contributed by atoms with E-state index in [1.54, 1.807) is 25.1 Å². The first-order chi connectivity index (χ1) is 9.81. The van der Waals surface area contributed by atoms with Crippen LogP contribution in [0.25, 0.3) is 0 Å². The molecule has 0 saturated heterocycles. The molecule has 0 aliphatic heterocycles. The normalized spacial score (nSPS) is 12.5. The molecule has 1 amide bonds. The maximum Gasteiger partial charge on any atom is 0.244 e. The van der Waals surface area contributed by atoms with E-state index < -0.39 is 16.1 Å². The summed E-state index contributed by atoms with van der Waals surface area (Å²) in [6.45, 7) is 7.54. The van der Waals surface area contributed by atoms with Gasteiger partial charge in [0.05, 0.1) is 11.9 Å². The van der Waals surface area contributed by atoms with E-state index in [0.29, 0.717) is 18.7 Å². The van der Waals surface area contributed by atoms with E-state index in [2.05, 4.69) is 11.9 Å². The minimum absolute atomic E-state index is 0.306. The van der Waals surface area contributed by atoms with Crippen LogP contribution < -0.4 is 9.62 Å². The van der Waals surface area contributed by atoms with Gasteiger partial charge in [0.25, 0.3) is 0 Å². The van der Waals surface area contributed by atoms with E-state index >= 15 is 0 Å². The summed E-state index contributed by atoms with van der Waals surface area (Å²) >= 11 is 0. The van der Waals surface area contributed by atoms with Crippen LogP contribution in [0, 0.1) is 6.92 Å². The minimum atomic E-state index is -3.57. The lowest BCUT2D eigenvalue weighted by atomic mass is 10.1. The first-order valence-corrected chi connectivity index (χ1v) is 8.60. The lowest BCUT2D eigenvalue weighted by Gasteiger charge is -2.30. The molecule has 0 bridgehead atoms. The van der Waals surface area contributed by atoms with Crippen LogP contribution in [0.1, 0.15) is 18.9 Å². The summed E-state index contributed by atoms with van der Waals surface area (Å²) in [6.07, 6.45) is 3.04. The maximum atomic E-state index is 12.2. The number of aryl methyl sites for hydroxylation is 1. The maximum absolute atomic E-state index is 12.2. The van der Waals surface area contributed by atoms with Crippen molar-refractivity contribution in [2.24, 2.45) is 0 Å². The minimum Gasteiger partial charge on any atom is -0.351 e. The fourth-order valence-electron chi connectivity index (χ4n) is 2.04. The Kier molecular flexibility index (Phi) is 5.96. The molecule has 0 radical (unpaired) electrons.